The molecule has 0 spiro atoms. The monoisotopic (exact) mass is 408 g/mol. The van der Waals surface area contributed by atoms with Crippen molar-refractivity contribution in [1.82, 2.24) is 0 Å². The average Bonchev–Trinajstić information content (AvgIpc) is 3.45. The molecule has 2 bridgehead atoms. The molecule has 3 aliphatic heterocycles. The number of rotatable bonds is 4. The summed E-state index contributed by atoms with van der Waals surface area (Å²) in [5.41, 5.74) is 4.60. The van der Waals surface area contributed by atoms with Crippen LogP contribution in [0.1, 0.15) is 40.6 Å². The second-order valence-corrected chi connectivity index (χ2v) is 8.18. The van der Waals surface area contributed by atoms with Crippen LogP contribution in [0.2, 0.25) is 0 Å². The van der Waals surface area contributed by atoms with E-state index in [0.29, 0.717) is 0 Å². The van der Waals surface area contributed by atoms with Gasteiger partial charge < -0.3 is 28.4 Å². The molecule has 0 radical (unpaired) electrons. The van der Waals surface area contributed by atoms with Crippen molar-refractivity contribution in [3.8, 4) is 23.0 Å². The first-order chi connectivity index (χ1) is 14.7. The number of methoxy groups -OCH3 is 4. The fourth-order valence-corrected chi connectivity index (χ4v) is 5.70. The van der Waals surface area contributed by atoms with Gasteiger partial charge >= 0.3 is 0 Å². The quantitative estimate of drug-likeness (QED) is 0.754. The van der Waals surface area contributed by atoms with Gasteiger partial charge in [0.15, 0.2) is 23.0 Å². The highest BCUT2D eigenvalue weighted by molar-refractivity contribution is 5.64. The summed E-state index contributed by atoms with van der Waals surface area (Å²) < 4.78 is 35.1. The molecular formula is C24H24O6. The van der Waals surface area contributed by atoms with Gasteiger partial charge in [-0.25, -0.2) is 0 Å². The summed E-state index contributed by atoms with van der Waals surface area (Å²) in [6.45, 7) is 0. The lowest BCUT2D eigenvalue weighted by atomic mass is 9.72. The summed E-state index contributed by atoms with van der Waals surface area (Å²) in [4.78, 5) is 0. The highest BCUT2D eigenvalue weighted by Gasteiger charge is 2.62. The number of fused-ring (bicyclic) bond motifs is 12. The lowest BCUT2D eigenvalue weighted by Crippen LogP contribution is -2.26. The SMILES string of the molecule is COc1cc2c(cc1OC)[C@H]1O[C@@H]3[C@H]([C@H]1C=C2)[C@@H]1O[C@H]3c2cc(OC)c(OC)cc21. The van der Waals surface area contributed by atoms with Crippen molar-refractivity contribution in [3.63, 3.8) is 0 Å². The van der Waals surface area contributed by atoms with Crippen molar-refractivity contribution in [1.29, 1.82) is 0 Å². The molecule has 0 saturated carbocycles. The number of benzene rings is 2. The van der Waals surface area contributed by atoms with Gasteiger partial charge in [0.05, 0.1) is 46.8 Å². The van der Waals surface area contributed by atoms with Gasteiger partial charge in [0.1, 0.15) is 6.10 Å². The molecule has 3 heterocycles. The van der Waals surface area contributed by atoms with Crippen LogP contribution in [-0.4, -0.2) is 34.5 Å². The molecule has 0 N–H and O–H groups in total. The standard InChI is InChI=1S/C24H24O6/c1-25-16-7-11-5-6-12-20-22-14-9-18(27-3)19(28-4)10-15(14)23(30-22)24(20)29-21(12)13(11)8-17(16)26-2/h5-10,12,20-24H,1-4H3/t12-,20-,21+,22-,23+,24-/m1/s1. The average molecular weight is 408 g/mol. The lowest BCUT2D eigenvalue weighted by Gasteiger charge is -2.28. The third kappa shape index (κ3) is 2.21. The van der Waals surface area contributed by atoms with E-state index in [2.05, 4.69) is 24.3 Å². The first-order valence-electron chi connectivity index (χ1n) is 10.2. The molecule has 0 aromatic heterocycles. The smallest absolute Gasteiger partial charge is 0.161 e. The molecule has 0 amide bonds. The molecule has 2 saturated heterocycles. The summed E-state index contributed by atoms with van der Waals surface area (Å²) >= 11 is 0. The van der Waals surface area contributed by atoms with E-state index < -0.39 is 0 Å². The molecule has 6 atom stereocenters. The Labute approximate surface area is 175 Å². The fraction of sp³-hybridized carbons (Fsp3) is 0.417. The molecule has 2 fully saturated rings. The van der Waals surface area contributed by atoms with E-state index in [4.69, 9.17) is 28.4 Å². The van der Waals surface area contributed by atoms with Crippen LogP contribution in [0.3, 0.4) is 0 Å². The van der Waals surface area contributed by atoms with E-state index in [0.717, 1.165) is 39.7 Å². The van der Waals surface area contributed by atoms with Gasteiger partial charge in [0, 0.05) is 11.8 Å². The zero-order chi connectivity index (χ0) is 20.6. The second kappa shape index (κ2) is 6.40. The molecule has 0 unspecified atom stereocenters. The topological polar surface area (TPSA) is 55.4 Å². The van der Waals surface area contributed by atoms with Crippen molar-refractivity contribution >= 4 is 6.08 Å². The van der Waals surface area contributed by atoms with Crippen LogP contribution < -0.4 is 18.9 Å². The van der Waals surface area contributed by atoms with Crippen LogP contribution in [0.25, 0.3) is 6.08 Å². The van der Waals surface area contributed by atoms with E-state index >= 15 is 0 Å². The van der Waals surface area contributed by atoms with E-state index in [1.54, 1.807) is 28.4 Å². The maximum absolute atomic E-state index is 6.66. The van der Waals surface area contributed by atoms with Crippen molar-refractivity contribution in [3.05, 3.63) is 52.6 Å². The van der Waals surface area contributed by atoms with E-state index in [-0.39, 0.29) is 36.3 Å². The summed E-state index contributed by atoms with van der Waals surface area (Å²) in [7, 11) is 6.64. The van der Waals surface area contributed by atoms with Crippen molar-refractivity contribution in [2.75, 3.05) is 28.4 Å². The van der Waals surface area contributed by atoms with Crippen LogP contribution in [0.4, 0.5) is 0 Å². The fourth-order valence-electron chi connectivity index (χ4n) is 5.70. The Morgan fingerprint density at radius 3 is 1.83 bits per heavy atom. The predicted octanol–water partition coefficient (Wildman–Crippen LogP) is 4.25. The van der Waals surface area contributed by atoms with Crippen molar-refractivity contribution in [2.45, 2.75) is 24.4 Å². The number of hydrogen-bond donors (Lipinski definition) is 0. The minimum Gasteiger partial charge on any atom is -0.493 e. The minimum atomic E-state index is -0.0857. The highest BCUT2D eigenvalue weighted by Crippen LogP contribution is 2.65. The van der Waals surface area contributed by atoms with Gasteiger partial charge in [0.25, 0.3) is 0 Å². The molecule has 6 heteroatoms. The predicted molar refractivity (Wildman–Crippen MR) is 109 cm³/mol. The summed E-state index contributed by atoms with van der Waals surface area (Å²) in [6.07, 6.45) is 4.35. The van der Waals surface area contributed by atoms with E-state index in [9.17, 15) is 0 Å². The second-order valence-electron chi connectivity index (χ2n) is 8.18. The van der Waals surface area contributed by atoms with Crippen LogP contribution in [-0.2, 0) is 9.47 Å². The van der Waals surface area contributed by atoms with Crippen LogP contribution >= 0.6 is 0 Å². The van der Waals surface area contributed by atoms with Gasteiger partial charge in [-0.05, 0) is 46.5 Å². The Bertz CT molecular complexity index is 1060. The van der Waals surface area contributed by atoms with Gasteiger partial charge in [-0.3, -0.25) is 0 Å². The normalized spacial score (nSPS) is 31.6. The molecule has 1 aliphatic carbocycles. The molecule has 2 aromatic rings. The number of hydrogen-bond acceptors (Lipinski definition) is 6. The highest BCUT2D eigenvalue weighted by atomic mass is 16.6. The Balaban J connectivity index is 1.41. The van der Waals surface area contributed by atoms with Crippen LogP contribution in [0.15, 0.2) is 30.3 Å². The zero-order valence-corrected chi connectivity index (χ0v) is 17.4. The summed E-state index contributed by atoms with van der Waals surface area (Å²) in [5.74, 6) is 3.43. The molecule has 6 rings (SSSR count). The molecule has 4 aliphatic rings. The third-order valence-corrected chi connectivity index (χ3v) is 7.01. The van der Waals surface area contributed by atoms with Crippen molar-refractivity contribution < 1.29 is 28.4 Å². The Morgan fingerprint density at radius 1 is 0.633 bits per heavy atom. The third-order valence-electron chi connectivity index (χ3n) is 7.01. The first-order valence-corrected chi connectivity index (χ1v) is 10.2. The molecular weight excluding hydrogens is 384 g/mol. The summed E-state index contributed by atoms with van der Waals surface area (Å²) in [5, 5.41) is 0. The Morgan fingerprint density at radius 2 is 1.20 bits per heavy atom. The molecule has 2 aromatic carbocycles. The van der Waals surface area contributed by atoms with Gasteiger partial charge in [-0.2, -0.15) is 0 Å². The lowest BCUT2D eigenvalue weighted by molar-refractivity contribution is -0.0396. The summed E-state index contributed by atoms with van der Waals surface area (Å²) in [6, 6.07) is 8.18. The van der Waals surface area contributed by atoms with Crippen LogP contribution in [0, 0.1) is 11.8 Å². The number of ether oxygens (including phenoxy) is 6. The molecule has 156 valence electrons. The first kappa shape index (κ1) is 18.1. The Hall–Kier alpha value is -2.70. The van der Waals surface area contributed by atoms with Crippen molar-refractivity contribution in [2.24, 2.45) is 11.8 Å². The Kier molecular flexibility index (Phi) is 3.86. The van der Waals surface area contributed by atoms with Gasteiger partial charge in [-0.15, -0.1) is 0 Å². The van der Waals surface area contributed by atoms with E-state index in [1.807, 2.05) is 12.1 Å². The molecule has 30 heavy (non-hydrogen) atoms. The van der Waals surface area contributed by atoms with Gasteiger partial charge in [-0.1, -0.05) is 12.2 Å². The molecule has 6 nitrogen and oxygen atoms in total. The maximum Gasteiger partial charge on any atom is 0.161 e. The van der Waals surface area contributed by atoms with E-state index in [1.165, 1.54) is 5.56 Å². The minimum absolute atomic E-state index is 0.00356. The zero-order valence-electron chi connectivity index (χ0n) is 17.4. The maximum atomic E-state index is 6.66. The van der Waals surface area contributed by atoms with Gasteiger partial charge in [0.2, 0.25) is 0 Å². The van der Waals surface area contributed by atoms with Crippen LogP contribution in [0.5, 0.6) is 23.0 Å². The largest absolute Gasteiger partial charge is 0.493 e.